The smallest absolute Gasteiger partial charge is 0.242 e. The Labute approximate surface area is 101 Å². The molecule has 0 aliphatic carbocycles. The highest BCUT2D eigenvalue weighted by Gasteiger charge is 2.29. The summed E-state index contributed by atoms with van der Waals surface area (Å²) in [5.74, 6) is 0.942. The molecule has 1 aliphatic heterocycles. The topological polar surface area (TPSA) is 71.2 Å². The highest BCUT2D eigenvalue weighted by molar-refractivity contribution is 5.86. The molecule has 0 radical (unpaired) electrons. The number of rotatable bonds is 2. The predicted molar refractivity (Wildman–Crippen MR) is 67.8 cm³/mol. The van der Waals surface area contributed by atoms with Crippen LogP contribution < -0.4 is 16.0 Å². The first-order valence-corrected chi connectivity index (χ1v) is 5.90. The summed E-state index contributed by atoms with van der Waals surface area (Å²) in [6.45, 7) is 5.44. The van der Waals surface area contributed by atoms with Crippen LogP contribution in [-0.4, -0.2) is 30.0 Å². The third-order valence-corrected chi connectivity index (χ3v) is 3.06. The van der Waals surface area contributed by atoms with E-state index in [0.717, 1.165) is 24.3 Å². The highest BCUT2D eigenvalue weighted by atomic mass is 16.2. The number of piperazine rings is 1. The number of carbonyl (C=O) groups excluding carboxylic acids is 1. The van der Waals surface area contributed by atoms with E-state index in [2.05, 4.69) is 15.2 Å². The van der Waals surface area contributed by atoms with Crippen molar-refractivity contribution in [3.63, 3.8) is 0 Å². The van der Waals surface area contributed by atoms with E-state index in [1.807, 2.05) is 19.9 Å². The van der Waals surface area contributed by atoms with Crippen LogP contribution in [0.2, 0.25) is 0 Å². The third-order valence-electron chi connectivity index (χ3n) is 3.06. The maximum absolute atomic E-state index is 11.8. The molecule has 1 aromatic heterocycles. The molecule has 1 amide bonds. The van der Waals surface area contributed by atoms with Gasteiger partial charge in [0, 0.05) is 13.1 Å². The Morgan fingerprint density at radius 2 is 2.41 bits per heavy atom. The summed E-state index contributed by atoms with van der Waals surface area (Å²) < 4.78 is 0. The Hall–Kier alpha value is -1.78. The maximum Gasteiger partial charge on any atom is 0.242 e. The van der Waals surface area contributed by atoms with Gasteiger partial charge in [0.2, 0.25) is 5.91 Å². The number of aromatic nitrogens is 1. The van der Waals surface area contributed by atoms with Crippen molar-refractivity contribution in [2.24, 2.45) is 0 Å². The van der Waals surface area contributed by atoms with Crippen LogP contribution in [0.3, 0.4) is 0 Å². The fraction of sp³-hybridized carbons (Fsp3) is 0.500. The molecular weight excluding hydrogens is 216 g/mol. The van der Waals surface area contributed by atoms with Crippen molar-refractivity contribution in [2.45, 2.75) is 26.3 Å². The number of anilines is 2. The number of nitrogens with two attached hydrogens (primary N) is 1. The fourth-order valence-corrected chi connectivity index (χ4v) is 2.26. The van der Waals surface area contributed by atoms with Crippen molar-refractivity contribution in [3.8, 4) is 0 Å². The van der Waals surface area contributed by atoms with Crippen LogP contribution in [-0.2, 0) is 4.79 Å². The molecule has 0 saturated carbocycles. The Kier molecular flexibility index (Phi) is 3.17. The summed E-state index contributed by atoms with van der Waals surface area (Å²) in [6, 6.07) is 1.76. The minimum Gasteiger partial charge on any atom is -0.397 e. The molecule has 0 bridgehead atoms. The van der Waals surface area contributed by atoms with Gasteiger partial charge in [-0.05, 0) is 25.0 Å². The molecule has 5 nitrogen and oxygen atoms in total. The molecule has 2 heterocycles. The van der Waals surface area contributed by atoms with Gasteiger partial charge in [0.25, 0.3) is 0 Å². The Morgan fingerprint density at radius 1 is 1.65 bits per heavy atom. The van der Waals surface area contributed by atoms with E-state index in [9.17, 15) is 4.79 Å². The normalized spacial score (nSPS) is 20.2. The molecular formula is C12H18N4O. The fourth-order valence-electron chi connectivity index (χ4n) is 2.26. The molecule has 3 N–H and O–H groups in total. The van der Waals surface area contributed by atoms with Gasteiger partial charge in [-0.15, -0.1) is 0 Å². The number of nitrogens with one attached hydrogen (secondary N) is 1. The summed E-state index contributed by atoms with van der Waals surface area (Å²) in [6.07, 6.45) is 2.42. The van der Waals surface area contributed by atoms with Crippen molar-refractivity contribution in [2.75, 3.05) is 23.7 Å². The summed E-state index contributed by atoms with van der Waals surface area (Å²) >= 11 is 0. The predicted octanol–water partition coefficient (Wildman–Crippen LogP) is 0.687. The summed E-state index contributed by atoms with van der Waals surface area (Å²) in [7, 11) is 0. The van der Waals surface area contributed by atoms with Gasteiger partial charge in [-0.25, -0.2) is 4.98 Å². The van der Waals surface area contributed by atoms with Crippen LogP contribution in [0, 0.1) is 6.92 Å². The Balaban J connectivity index is 2.33. The van der Waals surface area contributed by atoms with E-state index in [0.29, 0.717) is 12.2 Å². The zero-order valence-corrected chi connectivity index (χ0v) is 10.2. The minimum absolute atomic E-state index is 0.0803. The van der Waals surface area contributed by atoms with Gasteiger partial charge in [0.15, 0.2) is 0 Å². The van der Waals surface area contributed by atoms with Crippen LogP contribution in [0.25, 0.3) is 0 Å². The number of nitrogen functional groups attached to an aromatic ring is 1. The van der Waals surface area contributed by atoms with Crippen LogP contribution in [0.15, 0.2) is 12.3 Å². The zero-order valence-electron chi connectivity index (χ0n) is 10.2. The quantitative estimate of drug-likeness (QED) is 0.789. The first kappa shape index (κ1) is 11.7. The number of aryl methyl sites for hydroxylation is 1. The van der Waals surface area contributed by atoms with Crippen LogP contribution in [0.5, 0.6) is 0 Å². The summed E-state index contributed by atoms with van der Waals surface area (Å²) in [4.78, 5) is 18.2. The molecule has 0 spiro atoms. The van der Waals surface area contributed by atoms with Crippen molar-refractivity contribution < 1.29 is 4.79 Å². The third kappa shape index (κ3) is 2.18. The lowest BCUT2D eigenvalue weighted by Crippen LogP contribution is -2.55. The number of pyridine rings is 1. The van der Waals surface area contributed by atoms with Crippen LogP contribution in [0.4, 0.5) is 11.5 Å². The monoisotopic (exact) mass is 234 g/mol. The molecule has 0 aromatic carbocycles. The molecule has 2 rings (SSSR count). The lowest BCUT2D eigenvalue weighted by Gasteiger charge is -2.36. The van der Waals surface area contributed by atoms with Crippen molar-refractivity contribution in [1.82, 2.24) is 10.3 Å². The molecule has 1 saturated heterocycles. The van der Waals surface area contributed by atoms with Gasteiger partial charge < -0.3 is 16.0 Å². The highest BCUT2D eigenvalue weighted by Crippen LogP contribution is 2.23. The number of hydrogen-bond donors (Lipinski definition) is 2. The van der Waals surface area contributed by atoms with Gasteiger partial charge in [-0.3, -0.25) is 4.79 Å². The van der Waals surface area contributed by atoms with Crippen molar-refractivity contribution >= 4 is 17.4 Å². The number of carbonyl (C=O) groups is 1. The van der Waals surface area contributed by atoms with Gasteiger partial charge >= 0.3 is 0 Å². The second-order valence-electron chi connectivity index (χ2n) is 4.32. The molecule has 1 fully saturated rings. The molecule has 1 aromatic rings. The second kappa shape index (κ2) is 4.61. The molecule has 17 heavy (non-hydrogen) atoms. The molecule has 92 valence electrons. The molecule has 1 atom stereocenters. The summed E-state index contributed by atoms with van der Waals surface area (Å²) in [5, 5.41) is 2.88. The lowest BCUT2D eigenvalue weighted by atomic mass is 10.1. The minimum atomic E-state index is -0.126. The Morgan fingerprint density at radius 3 is 3.06 bits per heavy atom. The average molecular weight is 234 g/mol. The zero-order chi connectivity index (χ0) is 12.4. The van der Waals surface area contributed by atoms with E-state index in [1.54, 1.807) is 6.20 Å². The second-order valence-corrected chi connectivity index (χ2v) is 4.32. The lowest BCUT2D eigenvalue weighted by molar-refractivity contribution is -0.123. The standard InChI is InChI=1S/C12H18N4O/c1-3-10-12(17)14-4-5-16(10)11-8(2)6-9(13)7-15-11/h6-7,10H,3-5,13H2,1-2H3,(H,14,17). The van der Waals surface area contributed by atoms with E-state index in [-0.39, 0.29) is 11.9 Å². The van der Waals surface area contributed by atoms with Gasteiger partial charge in [-0.2, -0.15) is 0 Å². The van der Waals surface area contributed by atoms with Gasteiger partial charge in [-0.1, -0.05) is 6.92 Å². The SMILES string of the molecule is CCC1C(=O)NCCN1c1ncc(N)cc1C. The van der Waals surface area contributed by atoms with Gasteiger partial charge in [0.05, 0.1) is 11.9 Å². The number of nitrogens with zero attached hydrogens (tertiary/aromatic N) is 2. The largest absolute Gasteiger partial charge is 0.397 e. The van der Waals surface area contributed by atoms with Crippen LogP contribution in [0.1, 0.15) is 18.9 Å². The first-order valence-electron chi connectivity index (χ1n) is 5.90. The molecule has 5 heteroatoms. The van der Waals surface area contributed by atoms with E-state index >= 15 is 0 Å². The summed E-state index contributed by atoms with van der Waals surface area (Å²) in [5.41, 5.74) is 7.36. The average Bonchev–Trinajstić information content (AvgIpc) is 2.29. The molecule has 1 aliphatic rings. The van der Waals surface area contributed by atoms with E-state index < -0.39 is 0 Å². The maximum atomic E-state index is 11.8. The van der Waals surface area contributed by atoms with Crippen molar-refractivity contribution in [1.29, 1.82) is 0 Å². The molecule has 1 unspecified atom stereocenters. The number of hydrogen-bond acceptors (Lipinski definition) is 4. The Bertz CT molecular complexity index is 433. The van der Waals surface area contributed by atoms with Gasteiger partial charge in [0.1, 0.15) is 11.9 Å². The van der Waals surface area contributed by atoms with E-state index in [1.165, 1.54) is 0 Å². The number of amides is 1. The first-order chi connectivity index (χ1) is 8.13. The van der Waals surface area contributed by atoms with Crippen molar-refractivity contribution in [3.05, 3.63) is 17.8 Å². The van der Waals surface area contributed by atoms with Crippen LogP contribution >= 0.6 is 0 Å². The van der Waals surface area contributed by atoms with E-state index in [4.69, 9.17) is 5.73 Å².